The average molecular weight is 166 g/mol. The maximum Gasteiger partial charge on any atom is 0.0889 e. The molecule has 0 spiro atoms. The normalized spacial score (nSPS) is 23.6. The molecule has 0 aliphatic carbocycles. The van der Waals surface area contributed by atoms with Crippen LogP contribution in [0.4, 0.5) is 0 Å². The van der Waals surface area contributed by atoms with Gasteiger partial charge in [-0.3, -0.25) is 4.99 Å². The van der Waals surface area contributed by atoms with E-state index in [0.29, 0.717) is 0 Å². The van der Waals surface area contributed by atoms with Crippen LogP contribution in [0.3, 0.4) is 0 Å². The molecule has 0 aromatic rings. The van der Waals surface area contributed by atoms with E-state index in [1.165, 1.54) is 6.42 Å². The van der Waals surface area contributed by atoms with Crippen molar-refractivity contribution in [3.05, 3.63) is 12.3 Å². The Hall–Kier alpha value is -0.790. The van der Waals surface area contributed by atoms with Gasteiger partial charge in [0.1, 0.15) is 0 Å². The molecule has 1 aliphatic rings. The van der Waals surface area contributed by atoms with E-state index in [-0.39, 0.29) is 5.41 Å². The molecule has 1 rings (SSSR count). The smallest absolute Gasteiger partial charge is 0.0889 e. The van der Waals surface area contributed by atoms with Crippen molar-refractivity contribution in [1.82, 2.24) is 4.90 Å². The minimum atomic E-state index is 0.223. The standard InChI is InChI=1S/C10H18N2/c1-9-10(2,3)6-5-7-11-8-12(9)4/h8H,1,5-7H2,2-4H3. The Morgan fingerprint density at radius 3 is 2.92 bits per heavy atom. The van der Waals surface area contributed by atoms with Crippen LogP contribution in [0.2, 0.25) is 0 Å². The SMILES string of the molecule is C=C1N(C)C=NCCCC1(C)C. The first-order valence-corrected chi connectivity index (χ1v) is 4.46. The predicted octanol–water partition coefficient (Wildman–Crippen LogP) is 2.28. The first kappa shape index (κ1) is 9.30. The van der Waals surface area contributed by atoms with Crippen LogP contribution < -0.4 is 0 Å². The summed E-state index contributed by atoms with van der Waals surface area (Å²) in [5.41, 5.74) is 1.38. The molecule has 0 aromatic carbocycles. The van der Waals surface area contributed by atoms with Crippen LogP contribution >= 0.6 is 0 Å². The highest BCUT2D eigenvalue weighted by Gasteiger charge is 2.24. The molecule has 0 fully saturated rings. The molecule has 0 bridgehead atoms. The number of nitrogens with zero attached hydrogens (tertiary/aromatic N) is 2. The Labute approximate surface area is 75.0 Å². The number of aliphatic imine (C=N–C) groups is 1. The second kappa shape index (κ2) is 3.30. The fourth-order valence-electron chi connectivity index (χ4n) is 1.48. The van der Waals surface area contributed by atoms with Gasteiger partial charge in [0, 0.05) is 24.7 Å². The Kier molecular flexibility index (Phi) is 2.55. The molecule has 2 nitrogen and oxygen atoms in total. The zero-order chi connectivity index (χ0) is 9.19. The van der Waals surface area contributed by atoms with Crippen LogP contribution in [0, 0.1) is 5.41 Å². The first-order valence-electron chi connectivity index (χ1n) is 4.46. The third-order valence-electron chi connectivity index (χ3n) is 2.55. The summed E-state index contributed by atoms with van der Waals surface area (Å²) in [4.78, 5) is 6.29. The van der Waals surface area contributed by atoms with E-state index >= 15 is 0 Å². The lowest BCUT2D eigenvalue weighted by atomic mass is 9.84. The van der Waals surface area contributed by atoms with E-state index in [2.05, 4.69) is 25.4 Å². The molecule has 0 radical (unpaired) electrons. The molecular formula is C10H18N2. The van der Waals surface area contributed by atoms with Crippen molar-refractivity contribution in [3.8, 4) is 0 Å². The van der Waals surface area contributed by atoms with E-state index in [1.54, 1.807) is 0 Å². The number of hydrogen-bond acceptors (Lipinski definition) is 2. The van der Waals surface area contributed by atoms with Crippen molar-refractivity contribution < 1.29 is 0 Å². The lowest BCUT2D eigenvalue weighted by Crippen LogP contribution is -2.29. The number of allylic oxidation sites excluding steroid dienone is 1. The molecule has 0 amide bonds. The summed E-state index contributed by atoms with van der Waals surface area (Å²) in [5, 5.41) is 0. The fourth-order valence-corrected chi connectivity index (χ4v) is 1.48. The van der Waals surface area contributed by atoms with Crippen molar-refractivity contribution >= 4 is 6.34 Å². The summed E-state index contributed by atoms with van der Waals surface area (Å²) in [7, 11) is 2.01. The zero-order valence-corrected chi connectivity index (χ0v) is 8.30. The maximum absolute atomic E-state index is 4.27. The quantitative estimate of drug-likeness (QED) is 0.539. The summed E-state index contributed by atoms with van der Waals surface area (Å²) in [6.45, 7) is 9.51. The summed E-state index contributed by atoms with van der Waals surface area (Å²) < 4.78 is 0. The maximum atomic E-state index is 4.27. The third kappa shape index (κ3) is 1.87. The molecule has 0 saturated heterocycles. The van der Waals surface area contributed by atoms with Crippen molar-refractivity contribution in [3.63, 3.8) is 0 Å². The van der Waals surface area contributed by atoms with Crippen LogP contribution in [-0.2, 0) is 0 Å². The highest BCUT2D eigenvalue weighted by atomic mass is 15.1. The lowest BCUT2D eigenvalue weighted by molar-refractivity contribution is 0.328. The van der Waals surface area contributed by atoms with Gasteiger partial charge in [-0.05, 0) is 12.8 Å². The highest BCUT2D eigenvalue weighted by molar-refractivity contribution is 5.58. The Balaban J connectivity index is 2.81. The van der Waals surface area contributed by atoms with E-state index in [4.69, 9.17) is 0 Å². The second-order valence-electron chi connectivity index (χ2n) is 4.07. The van der Waals surface area contributed by atoms with Gasteiger partial charge < -0.3 is 4.90 Å². The molecule has 0 aromatic heterocycles. The van der Waals surface area contributed by atoms with E-state index in [1.807, 2.05) is 18.3 Å². The van der Waals surface area contributed by atoms with Crippen LogP contribution in [0.25, 0.3) is 0 Å². The van der Waals surface area contributed by atoms with Gasteiger partial charge in [-0.2, -0.15) is 0 Å². The summed E-state index contributed by atoms with van der Waals surface area (Å²) in [6, 6.07) is 0. The Bertz CT molecular complexity index is 204. The molecule has 0 atom stereocenters. The molecular weight excluding hydrogens is 148 g/mol. The van der Waals surface area contributed by atoms with Gasteiger partial charge in [-0.15, -0.1) is 0 Å². The molecule has 2 heteroatoms. The van der Waals surface area contributed by atoms with Gasteiger partial charge in [0.05, 0.1) is 6.34 Å². The molecule has 68 valence electrons. The number of hydrogen-bond donors (Lipinski definition) is 0. The Morgan fingerprint density at radius 1 is 1.58 bits per heavy atom. The lowest BCUT2D eigenvalue weighted by Gasteiger charge is -2.33. The van der Waals surface area contributed by atoms with Crippen molar-refractivity contribution in [1.29, 1.82) is 0 Å². The second-order valence-corrected chi connectivity index (χ2v) is 4.07. The molecule has 12 heavy (non-hydrogen) atoms. The predicted molar refractivity (Wildman–Crippen MR) is 53.3 cm³/mol. The third-order valence-corrected chi connectivity index (χ3v) is 2.55. The molecule has 0 unspecified atom stereocenters. The molecule has 0 N–H and O–H groups in total. The zero-order valence-electron chi connectivity index (χ0n) is 8.30. The van der Waals surface area contributed by atoms with Crippen LogP contribution in [0.1, 0.15) is 26.7 Å². The molecule has 1 heterocycles. The van der Waals surface area contributed by atoms with Crippen LogP contribution in [0.5, 0.6) is 0 Å². The van der Waals surface area contributed by atoms with Crippen LogP contribution in [-0.4, -0.2) is 24.8 Å². The summed E-state index contributed by atoms with van der Waals surface area (Å²) in [5.74, 6) is 0. The largest absolute Gasteiger partial charge is 0.340 e. The van der Waals surface area contributed by atoms with Crippen molar-refractivity contribution in [2.75, 3.05) is 13.6 Å². The van der Waals surface area contributed by atoms with Crippen molar-refractivity contribution in [2.24, 2.45) is 10.4 Å². The van der Waals surface area contributed by atoms with Crippen LogP contribution in [0.15, 0.2) is 17.3 Å². The van der Waals surface area contributed by atoms with E-state index in [0.717, 1.165) is 18.7 Å². The molecule has 0 saturated carbocycles. The fraction of sp³-hybridized carbons (Fsp3) is 0.700. The average Bonchev–Trinajstić information content (AvgIpc) is 2.00. The number of rotatable bonds is 0. The first-order chi connectivity index (χ1) is 5.54. The topological polar surface area (TPSA) is 15.6 Å². The van der Waals surface area contributed by atoms with Gasteiger partial charge in [-0.25, -0.2) is 0 Å². The van der Waals surface area contributed by atoms with Gasteiger partial charge in [0.15, 0.2) is 0 Å². The van der Waals surface area contributed by atoms with Gasteiger partial charge in [0.2, 0.25) is 0 Å². The van der Waals surface area contributed by atoms with Crippen molar-refractivity contribution in [2.45, 2.75) is 26.7 Å². The summed E-state index contributed by atoms with van der Waals surface area (Å²) in [6.07, 6.45) is 4.22. The Morgan fingerprint density at radius 2 is 2.25 bits per heavy atom. The van der Waals surface area contributed by atoms with Gasteiger partial charge in [0.25, 0.3) is 0 Å². The molecule has 1 aliphatic heterocycles. The minimum Gasteiger partial charge on any atom is -0.340 e. The minimum absolute atomic E-state index is 0.223. The monoisotopic (exact) mass is 166 g/mol. The highest BCUT2D eigenvalue weighted by Crippen LogP contribution is 2.32. The summed E-state index contributed by atoms with van der Waals surface area (Å²) >= 11 is 0. The van der Waals surface area contributed by atoms with E-state index < -0.39 is 0 Å². The van der Waals surface area contributed by atoms with Gasteiger partial charge >= 0.3 is 0 Å². The van der Waals surface area contributed by atoms with E-state index in [9.17, 15) is 0 Å². The van der Waals surface area contributed by atoms with Gasteiger partial charge in [-0.1, -0.05) is 20.4 Å².